The highest BCUT2D eigenvalue weighted by Gasteiger charge is 2.11. The van der Waals surface area contributed by atoms with Crippen LogP contribution < -0.4 is 4.72 Å². The third kappa shape index (κ3) is 4.98. The van der Waals surface area contributed by atoms with E-state index in [1.54, 1.807) is 30.3 Å². The van der Waals surface area contributed by atoms with Gasteiger partial charge in [0.1, 0.15) is 0 Å². The van der Waals surface area contributed by atoms with Gasteiger partial charge in [0.05, 0.1) is 4.90 Å². The monoisotopic (exact) mass is 313 g/mol. The second-order valence-electron chi connectivity index (χ2n) is 4.86. The highest BCUT2D eigenvalue weighted by atomic mass is 32.2. The van der Waals surface area contributed by atoms with Gasteiger partial charge in [-0.3, -0.25) is 0 Å². The Morgan fingerprint density at radius 1 is 0.955 bits per heavy atom. The Balaban J connectivity index is 1.86. The molecule has 0 amide bonds. The van der Waals surface area contributed by atoms with Crippen LogP contribution in [0, 0.1) is 6.92 Å². The van der Waals surface area contributed by atoms with Crippen molar-refractivity contribution < 1.29 is 8.42 Å². The van der Waals surface area contributed by atoms with Crippen molar-refractivity contribution in [3.63, 3.8) is 0 Å². The van der Waals surface area contributed by atoms with Crippen LogP contribution in [0.3, 0.4) is 0 Å². The molecule has 2 aromatic carbocycles. The van der Waals surface area contributed by atoms with Gasteiger partial charge in [-0.25, -0.2) is 13.1 Å². The summed E-state index contributed by atoms with van der Waals surface area (Å²) >= 11 is 0. The molecule has 0 spiro atoms. The normalized spacial score (nSPS) is 12.2. The van der Waals surface area contributed by atoms with Gasteiger partial charge in [-0.05, 0) is 24.6 Å². The van der Waals surface area contributed by atoms with Crippen molar-refractivity contribution >= 4 is 16.1 Å². The molecule has 4 heteroatoms. The summed E-state index contributed by atoms with van der Waals surface area (Å²) in [6.07, 6.45) is 7.44. The molecule has 2 rings (SSSR count). The molecule has 22 heavy (non-hydrogen) atoms. The lowest BCUT2D eigenvalue weighted by molar-refractivity contribution is 0.585. The molecule has 0 heterocycles. The summed E-state index contributed by atoms with van der Waals surface area (Å²) in [5, 5.41) is 0. The number of hydrogen-bond donors (Lipinski definition) is 1. The summed E-state index contributed by atoms with van der Waals surface area (Å²) in [6.45, 7) is 2.18. The van der Waals surface area contributed by atoms with Crippen LogP contribution >= 0.6 is 0 Å². The van der Waals surface area contributed by atoms with Crippen molar-refractivity contribution in [2.75, 3.05) is 6.54 Å². The zero-order valence-electron chi connectivity index (χ0n) is 12.4. The predicted octanol–water partition coefficient (Wildman–Crippen LogP) is 3.54. The van der Waals surface area contributed by atoms with Crippen LogP contribution in [0.5, 0.6) is 0 Å². The average molecular weight is 313 g/mol. The van der Waals surface area contributed by atoms with E-state index >= 15 is 0 Å². The minimum Gasteiger partial charge on any atom is -0.207 e. The Hall–Kier alpha value is -2.17. The molecular weight excluding hydrogens is 294 g/mol. The van der Waals surface area contributed by atoms with Gasteiger partial charge in [-0.15, -0.1) is 0 Å². The maximum atomic E-state index is 12.0. The van der Waals surface area contributed by atoms with E-state index in [0.717, 1.165) is 11.1 Å². The van der Waals surface area contributed by atoms with Crippen LogP contribution in [-0.4, -0.2) is 15.0 Å². The van der Waals surface area contributed by atoms with Crippen LogP contribution in [0.15, 0.2) is 77.7 Å². The smallest absolute Gasteiger partial charge is 0.207 e. The van der Waals surface area contributed by atoms with Gasteiger partial charge in [-0.2, -0.15) is 0 Å². The first-order valence-electron chi connectivity index (χ1n) is 7.02. The SMILES string of the molecule is Cc1ccc(S(=O)(=O)NC/C=C\C=C\c2ccccc2)cc1. The number of hydrogen-bond acceptors (Lipinski definition) is 2. The van der Waals surface area contributed by atoms with E-state index in [4.69, 9.17) is 0 Å². The first-order chi connectivity index (χ1) is 10.6. The molecule has 1 N–H and O–H groups in total. The molecule has 0 atom stereocenters. The molecule has 0 aromatic heterocycles. The standard InChI is InChI=1S/C18H19NO2S/c1-16-11-13-18(14-12-16)22(20,21)19-15-7-3-6-10-17-8-4-2-5-9-17/h2-14,19H,15H2,1H3/b7-3-,10-6+. The number of benzene rings is 2. The third-order valence-electron chi connectivity index (χ3n) is 3.06. The van der Waals surface area contributed by atoms with E-state index < -0.39 is 10.0 Å². The molecule has 2 aromatic rings. The first-order valence-corrected chi connectivity index (χ1v) is 8.51. The van der Waals surface area contributed by atoms with Gasteiger partial charge >= 0.3 is 0 Å². The second kappa shape index (κ2) is 7.73. The minimum atomic E-state index is -3.44. The van der Waals surface area contributed by atoms with Gasteiger partial charge in [0.25, 0.3) is 0 Å². The molecule has 0 bridgehead atoms. The van der Waals surface area contributed by atoms with Crippen molar-refractivity contribution in [2.24, 2.45) is 0 Å². The molecular formula is C18H19NO2S. The quantitative estimate of drug-likeness (QED) is 0.829. The number of sulfonamides is 1. The minimum absolute atomic E-state index is 0.259. The largest absolute Gasteiger partial charge is 0.240 e. The Morgan fingerprint density at radius 2 is 1.64 bits per heavy atom. The molecule has 0 aliphatic rings. The molecule has 0 unspecified atom stereocenters. The maximum absolute atomic E-state index is 12.0. The average Bonchev–Trinajstić information content (AvgIpc) is 2.52. The van der Waals surface area contributed by atoms with Gasteiger partial charge in [0, 0.05) is 6.54 Å². The predicted molar refractivity (Wildman–Crippen MR) is 91.0 cm³/mol. The zero-order chi connectivity index (χ0) is 15.8. The lowest BCUT2D eigenvalue weighted by Crippen LogP contribution is -2.23. The van der Waals surface area contributed by atoms with Gasteiger partial charge in [0.2, 0.25) is 10.0 Å². The van der Waals surface area contributed by atoms with E-state index in [2.05, 4.69) is 4.72 Å². The fraction of sp³-hybridized carbons (Fsp3) is 0.111. The molecule has 0 aliphatic heterocycles. The molecule has 3 nitrogen and oxygen atoms in total. The Kier molecular flexibility index (Phi) is 5.69. The Labute approximate surface area is 132 Å². The summed E-state index contributed by atoms with van der Waals surface area (Å²) in [4.78, 5) is 0.284. The molecule has 114 valence electrons. The van der Waals surface area contributed by atoms with Crippen LogP contribution in [-0.2, 0) is 10.0 Å². The lowest BCUT2D eigenvalue weighted by Gasteiger charge is -2.04. The van der Waals surface area contributed by atoms with Crippen molar-refractivity contribution in [3.8, 4) is 0 Å². The highest BCUT2D eigenvalue weighted by Crippen LogP contribution is 2.09. The molecule has 0 saturated carbocycles. The van der Waals surface area contributed by atoms with Crippen molar-refractivity contribution in [2.45, 2.75) is 11.8 Å². The van der Waals surface area contributed by atoms with Crippen LogP contribution in [0.25, 0.3) is 6.08 Å². The van der Waals surface area contributed by atoms with Gasteiger partial charge < -0.3 is 0 Å². The Morgan fingerprint density at radius 3 is 2.32 bits per heavy atom. The van der Waals surface area contributed by atoms with Crippen molar-refractivity contribution in [3.05, 3.63) is 84.0 Å². The topological polar surface area (TPSA) is 46.2 Å². The summed E-state index contributed by atoms with van der Waals surface area (Å²) in [7, 11) is -3.44. The lowest BCUT2D eigenvalue weighted by atomic mass is 10.2. The van der Waals surface area contributed by atoms with E-state index in [0.29, 0.717) is 0 Å². The van der Waals surface area contributed by atoms with Crippen molar-refractivity contribution in [1.82, 2.24) is 4.72 Å². The molecule has 0 aliphatic carbocycles. The number of allylic oxidation sites excluding steroid dienone is 2. The van der Waals surface area contributed by atoms with Crippen molar-refractivity contribution in [1.29, 1.82) is 0 Å². The van der Waals surface area contributed by atoms with E-state index in [1.165, 1.54) is 0 Å². The molecule has 0 radical (unpaired) electrons. The highest BCUT2D eigenvalue weighted by molar-refractivity contribution is 7.89. The van der Waals surface area contributed by atoms with E-state index in [9.17, 15) is 8.42 Å². The fourth-order valence-electron chi connectivity index (χ4n) is 1.84. The zero-order valence-corrected chi connectivity index (χ0v) is 13.3. The fourth-order valence-corrected chi connectivity index (χ4v) is 2.81. The summed E-state index contributed by atoms with van der Waals surface area (Å²) in [5.41, 5.74) is 2.14. The number of aryl methyl sites for hydroxylation is 1. The number of nitrogens with one attached hydrogen (secondary N) is 1. The summed E-state index contributed by atoms with van der Waals surface area (Å²) in [5.74, 6) is 0. The van der Waals surface area contributed by atoms with Crippen LogP contribution in [0.1, 0.15) is 11.1 Å². The van der Waals surface area contributed by atoms with E-state index in [-0.39, 0.29) is 11.4 Å². The summed E-state index contributed by atoms with van der Waals surface area (Å²) in [6, 6.07) is 16.7. The third-order valence-corrected chi connectivity index (χ3v) is 4.50. The second-order valence-corrected chi connectivity index (χ2v) is 6.63. The number of rotatable bonds is 6. The maximum Gasteiger partial charge on any atom is 0.240 e. The van der Waals surface area contributed by atoms with Crippen LogP contribution in [0.4, 0.5) is 0 Å². The van der Waals surface area contributed by atoms with Gasteiger partial charge in [0.15, 0.2) is 0 Å². The molecule has 0 saturated heterocycles. The van der Waals surface area contributed by atoms with E-state index in [1.807, 2.05) is 55.5 Å². The first kappa shape index (κ1) is 16.2. The Bertz CT molecular complexity index is 745. The summed E-state index contributed by atoms with van der Waals surface area (Å²) < 4.78 is 26.6. The van der Waals surface area contributed by atoms with Crippen LogP contribution in [0.2, 0.25) is 0 Å². The van der Waals surface area contributed by atoms with Gasteiger partial charge in [-0.1, -0.05) is 72.3 Å². The molecule has 0 fully saturated rings.